The Morgan fingerprint density at radius 3 is 3.16 bits per heavy atom. The first-order valence-corrected chi connectivity index (χ1v) is 6.61. The maximum atomic E-state index is 11.9. The molecule has 0 fully saturated rings. The average molecular weight is 274 g/mol. The molecule has 19 heavy (non-hydrogen) atoms. The summed E-state index contributed by atoms with van der Waals surface area (Å²) in [6.45, 7) is 0.735. The van der Waals surface area contributed by atoms with E-state index in [1.165, 1.54) is 11.3 Å². The summed E-state index contributed by atoms with van der Waals surface area (Å²) in [6.07, 6.45) is 1.84. The zero-order valence-corrected chi connectivity index (χ0v) is 11.3. The largest absolute Gasteiger partial charge is 0.346 e. The minimum Gasteiger partial charge on any atom is -0.346 e. The number of nitrogens with one attached hydrogen (secondary N) is 1. The Balaban J connectivity index is 1.94. The lowest BCUT2D eigenvalue weighted by Crippen LogP contribution is -2.22. The number of carbonyl (C=O) groups excluding carboxylic acids is 1. The summed E-state index contributed by atoms with van der Waals surface area (Å²) in [5, 5.41) is 8.79. The van der Waals surface area contributed by atoms with E-state index in [1.807, 2.05) is 19.3 Å². The van der Waals surface area contributed by atoms with Crippen LogP contribution in [0.2, 0.25) is 0 Å². The highest BCUT2D eigenvalue weighted by Crippen LogP contribution is 2.13. The van der Waals surface area contributed by atoms with Gasteiger partial charge in [-0.1, -0.05) is 11.8 Å². The first-order chi connectivity index (χ1) is 9.19. The number of carbonyl (C=O) groups is 1. The van der Waals surface area contributed by atoms with Crippen LogP contribution in [0.5, 0.6) is 0 Å². The van der Waals surface area contributed by atoms with Gasteiger partial charge in [-0.15, -0.1) is 11.3 Å². The normalized spacial score (nSPS) is 9.79. The van der Waals surface area contributed by atoms with Crippen molar-refractivity contribution in [1.29, 1.82) is 0 Å². The van der Waals surface area contributed by atoms with Crippen LogP contribution in [-0.4, -0.2) is 22.2 Å². The van der Waals surface area contributed by atoms with Gasteiger partial charge in [0, 0.05) is 18.6 Å². The predicted molar refractivity (Wildman–Crippen MR) is 74.6 cm³/mol. The van der Waals surface area contributed by atoms with Gasteiger partial charge in [0.25, 0.3) is 5.91 Å². The van der Waals surface area contributed by atoms with Crippen molar-refractivity contribution in [2.24, 2.45) is 12.8 Å². The lowest BCUT2D eigenvalue weighted by molar-refractivity contribution is 0.0951. The molecule has 0 unspecified atom stereocenters. The summed E-state index contributed by atoms with van der Waals surface area (Å²) >= 11 is 1.43. The number of hydrogen-bond donors (Lipinski definition) is 2. The molecule has 0 aliphatic heterocycles. The molecule has 2 aromatic rings. The van der Waals surface area contributed by atoms with Crippen LogP contribution in [-0.2, 0) is 13.6 Å². The van der Waals surface area contributed by atoms with Crippen molar-refractivity contribution in [3.8, 4) is 11.8 Å². The highest BCUT2D eigenvalue weighted by atomic mass is 32.1. The van der Waals surface area contributed by atoms with Gasteiger partial charge < -0.3 is 11.1 Å². The standard InChI is InChI=1S/C13H14N4OS/c1-17-6-4-11(16-17)8-15-13(18)10-7-12(19-9-10)3-2-5-14/h4,6-7,9H,5,8,14H2,1H3,(H,15,18). The molecule has 98 valence electrons. The molecule has 0 bridgehead atoms. The van der Waals surface area contributed by atoms with E-state index in [2.05, 4.69) is 22.3 Å². The minimum atomic E-state index is -0.122. The summed E-state index contributed by atoms with van der Waals surface area (Å²) in [5.74, 6) is 5.54. The van der Waals surface area contributed by atoms with Gasteiger partial charge in [-0.05, 0) is 12.1 Å². The molecule has 0 spiro atoms. The van der Waals surface area contributed by atoms with Crippen molar-refractivity contribution in [2.75, 3.05) is 6.54 Å². The molecule has 0 saturated heterocycles. The number of thiophene rings is 1. The van der Waals surface area contributed by atoms with Gasteiger partial charge in [0.15, 0.2) is 0 Å². The Hall–Kier alpha value is -2.10. The van der Waals surface area contributed by atoms with Crippen molar-refractivity contribution in [2.45, 2.75) is 6.54 Å². The fourth-order valence-corrected chi connectivity index (χ4v) is 2.24. The van der Waals surface area contributed by atoms with Crippen LogP contribution in [0.15, 0.2) is 23.7 Å². The van der Waals surface area contributed by atoms with Crippen LogP contribution in [0, 0.1) is 11.8 Å². The number of aromatic nitrogens is 2. The summed E-state index contributed by atoms with van der Waals surface area (Å²) in [4.78, 5) is 12.7. The van der Waals surface area contributed by atoms with E-state index in [-0.39, 0.29) is 5.91 Å². The maximum absolute atomic E-state index is 11.9. The molecule has 5 nitrogen and oxygen atoms in total. The fraction of sp³-hybridized carbons (Fsp3) is 0.231. The monoisotopic (exact) mass is 274 g/mol. The Morgan fingerprint density at radius 2 is 2.47 bits per heavy atom. The lowest BCUT2D eigenvalue weighted by atomic mass is 10.3. The van der Waals surface area contributed by atoms with E-state index in [0.29, 0.717) is 18.7 Å². The molecule has 0 radical (unpaired) electrons. The fourth-order valence-electron chi connectivity index (χ4n) is 1.49. The third-order valence-electron chi connectivity index (χ3n) is 2.37. The molecule has 2 heterocycles. The van der Waals surface area contributed by atoms with Crippen LogP contribution < -0.4 is 11.1 Å². The summed E-state index contributed by atoms with van der Waals surface area (Å²) in [6, 6.07) is 3.63. The van der Waals surface area contributed by atoms with Gasteiger partial charge in [-0.3, -0.25) is 9.48 Å². The van der Waals surface area contributed by atoms with E-state index in [4.69, 9.17) is 5.73 Å². The molecule has 0 aliphatic rings. The SMILES string of the molecule is Cn1ccc(CNC(=O)c2csc(C#CCN)c2)n1. The quantitative estimate of drug-likeness (QED) is 0.810. The van der Waals surface area contributed by atoms with Crippen LogP contribution in [0.25, 0.3) is 0 Å². The van der Waals surface area contributed by atoms with Crippen LogP contribution >= 0.6 is 11.3 Å². The molecule has 2 aromatic heterocycles. The Bertz CT molecular complexity index is 632. The molecule has 0 atom stereocenters. The highest BCUT2D eigenvalue weighted by molar-refractivity contribution is 7.10. The first-order valence-electron chi connectivity index (χ1n) is 5.73. The van der Waals surface area contributed by atoms with Gasteiger partial charge in [-0.25, -0.2) is 0 Å². The summed E-state index contributed by atoms with van der Waals surface area (Å²) < 4.78 is 1.70. The van der Waals surface area contributed by atoms with E-state index in [0.717, 1.165) is 10.6 Å². The number of rotatable bonds is 3. The number of hydrogen-bond acceptors (Lipinski definition) is 4. The molecule has 0 aromatic carbocycles. The van der Waals surface area contributed by atoms with Crippen molar-refractivity contribution in [3.05, 3.63) is 39.8 Å². The maximum Gasteiger partial charge on any atom is 0.252 e. The zero-order valence-electron chi connectivity index (χ0n) is 10.5. The van der Waals surface area contributed by atoms with Crippen LogP contribution in [0.1, 0.15) is 20.9 Å². The van der Waals surface area contributed by atoms with E-state index in [1.54, 1.807) is 16.1 Å². The molecule has 0 saturated carbocycles. The summed E-state index contributed by atoms with van der Waals surface area (Å²) in [7, 11) is 1.84. The third kappa shape index (κ3) is 3.68. The number of amides is 1. The van der Waals surface area contributed by atoms with Gasteiger partial charge >= 0.3 is 0 Å². The number of aryl methyl sites for hydroxylation is 1. The van der Waals surface area contributed by atoms with Gasteiger partial charge in [0.05, 0.1) is 29.2 Å². The second-order valence-electron chi connectivity index (χ2n) is 3.87. The average Bonchev–Trinajstić information content (AvgIpc) is 3.02. The zero-order chi connectivity index (χ0) is 13.7. The minimum absolute atomic E-state index is 0.122. The Labute approximate surface area is 115 Å². The van der Waals surface area contributed by atoms with E-state index in [9.17, 15) is 4.79 Å². The molecule has 0 aliphatic carbocycles. The molecular weight excluding hydrogens is 260 g/mol. The lowest BCUT2D eigenvalue weighted by Gasteiger charge is -2.00. The molecular formula is C13H14N4OS. The first kappa shape index (κ1) is 13.3. The highest BCUT2D eigenvalue weighted by Gasteiger charge is 2.08. The van der Waals surface area contributed by atoms with Gasteiger partial charge in [0.1, 0.15) is 0 Å². The van der Waals surface area contributed by atoms with E-state index < -0.39 is 0 Å². The predicted octanol–water partition coefficient (Wildman–Crippen LogP) is 0.722. The van der Waals surface area contributed by atoms with Crippen molar-refractivity contribution in [3.63, 3.8) is 0 Å². The van der Waals surface area contributed by atoms with Crippen LogP contribution in [0.3, 0.4) is 0 Å². The Kier molecular flexibility index (Phi) is 4.34. The van der Waals surface area contributed by atoms with Gasteiger partial charge in [0.2, 0.25) is 0 Å². The smallest absolute Gasteiger partial charge is 0.252 e. The second kappa shape index (κ2) is 6.18. The van der Waals surface area contributed by atoms with E-state index >= 15 is 0 Å². The second-order valence-corrected chi connectivity index (χ2v) is 4.78. The third-order valence-corrected chi connectivity index (χ3v) is 3.22. The Morgan fingerprint density at radius 1 is 1.63 bits per heavy atom. The molecule has 2 rings (SSSR count). The molecule has 6 heteroatoms. The molecule has 3 N–H and O–H groups in total. The van der Waals surface area contributed by atoms with Crippen molar-refractivity contribution >= 4 is 17.2 Å². The number of nitrogens with two attached hydrogens (primary N) is 1. The van der Waals surface area contributed by atoms with Crippen LogP contribution in [0.4, 0.5) is 0 Å². The van der Waals surface area contributed by atoms with Crippen molar-refractivity contribution in [1.82, 2.24) is 15.1 Å². The number of nitrogens with zero attached hydrogens (tertiary/aromatic N) is 2. The summed E-state index contributed by atoms with van der Waals surface area (Å²) in [5.41, 5.74) is 6.74. The molecule has 1 amide bonds. The van der Waals surface area contributed by atoms with Gasteiger partial charge in [-0.2, -0.15) is 5.10 Å². The van der Waals surface area contributed by atoms with Crippen molar-refractivity contribution < 1.29 is 4.79 Å². The topological polar surface area (TPSA) is 72.9 Å².